The van der Waals surface area contributed by atoms with E-state index in [1.807, 2.05) is 48.7 Å². The molecule has 0 aliphatic carbocycles. The van der Waals surface area contributed by atoms with Gasteiger partial charge in [0, 0.05) is 35.4 Å². The number of nitrogens with one attached hydrogen (secondary N) is 3. The number of ether oxygens (including phenoxy) is 1. The number of anilines is 1. The molecule has 4 aromatic rings. The molecule has 3 N–H and O–H groups in total. The number of aromatic nitrogens is 1. The minimum Gasteiger partial charge on any atom is -0.497 e. The molecule has 1 heterocycles. The van der Waals surface area contributed by atoms with Gasteiger partial charge in [-0.3, -0.25) is 15.1 Å². The van der Waals surface area contributed by atoms with Gasteiger partial charge < -0.3 is 15.0 Å². The molecule has 0 aliphatic heterocycles. The first-order valence-corrected chi connectivity index (χ1v) is 10.6. The molecule has 0 radical (unpaired) electrons. The molecule has 1 amide bonds. The van der Waals surface area contributed by atoms with Crippen molar-refractivity contribution in [1.82, 2.24) is 10.3 Å². The lowest BCUT2D eigenvalue weighted by molar-refractivity contribution is 0.0977. The molecule has 0 bridgehead atoms. The molecule has 0 spiro atoms. The van der Waals surface area contributed by atoms with Gasteiger partial charge >= 0.3 is 0 Å². The zero-order valence-corrected chi connectivity index (χ0v) is 18.3. The van der Waals surface area contributed by atoms with Crippen LogP contribution in [0, 0.1) is 0 Å². The number of guanidine groups is 1. The zero-order chi connectivity index (χ0) is 22.3. The van der Waals surface area contributed by atoms with E-state index in [9.17, 15) is 4.79 Å². The maximum absolute atomic E-state index is 12.8. The summed E-state index contributed by atoms with van der Waals surface area (Å²) >= 11 is 6.19. The second kappa shape index (κ2) is 10.0. The van der Waals surface area contributed by atoms with Gasteiger partial charge in [-0.2, -0.15) is 0 Å². The highest BCUT2D eigenvalue weighted by Crippen LogP contribution is 2.19. The van der Waals surface area contributed by atoms with Crippen LogP contribution in [0.4, 0.5) is 5.69 Å². The molecule has 0 saturated carbocycles. The highest BCUT2D eigenvalue weighted by molar-refractivity contribution is 6.34. The summed E-state index contributed by atoms with van der Waals surface area (Å²) in [4.78, 5) is 20.7. The SMILES string of the molecule is COc1cccc(NC(=NCCc2c[nH]c3ccccc23)NC(=O)c2ccccc2Cl)c1. The number of methoxy groups -OCH3 is 1. The highest BCUT2D eigenvalue weighted by Gasteiger charge is 2.13. The lowest BCUT2D eigenvalue weighted by Gasteiger charge is -2.13. The van der Waals surface area contributed by atoms with Gasteiger partial charge in [-0.25, -0.2) is 0 Å². The molecule has 0 atom stereocenters. The van der Waals surface area contributed by atoms with Crippen LogP contribution in [0.25, 0.3) is 10.9 Å². The highest BCUT2D eigenvalue weighted by atomic mass is 35.5. The van der Waals surface area contributed by atoms with Crippen molar-refractivity contribution in [3.63, 3.8) is 0 Å². The van der Waals surface area contributed by atoms with Gasteiger partial charge in [0.05, 0.1) is 17.7 Å². The summed E-state index contributed by atoms with van der Waals surface area (Å²) in [5.74, 6) is 0.699. The topological polar surface area (TPSA) is 78.5 Å². The number of halogens is 1. The molecule has 4 rings (SSSR count). The van der Waals surface area contributed by atoms with Gasteiger partial charge in [-0.15, -0.1) is 0 Å². The van der Waals surface area contributed by atoms with E-state index < -0.39 is 0 Å². The van der Waals surface area contributed by atoms with Crippen LogP contribution in [0.5, 0.6) is 5.75 Å². The molecule has 0 aliphatic rings. The third kappa shape index (κ3) is 5.10. The first-order chi connectivity index (χ1) is 15.6. The summed E-state index contributed by atoms with van der Waals surface area (Å²) in [5, 5.41) is 7.57. The summed E-state index contributed by atoms with van der Waals surface area (Å²) in [7, 11) is 1.61. The van der Waals surface area contributed by atoms with Crippen LogP contribution in [0.3, 0.4) is 0 Å². The van der Waals surface area contributed by atoms with E-state index in [0.717, 1.165) is 17.6 Å². The van der Waals surface area contributed by atoms with Crippen LogP contribution in [0.15, 0.2) is 84.0 Å². The Morgan fingerprint density at radius 3 is 2.72 bits per heavy atom. The predicted octanol–water partition coefficient (Wildman–Crippen LogP) is 5.27. The van der Waals surface area contributed by atoms with Crippen LogP contribution in [0.1, 0.15) is 15.9 Å². The van der Waals surface area contributed by atoms with Crippen LogP contribution in [-0.2, 0) is 6.42 Å². The number of aromatic amines is 1. The van der Waals surface area contributed by atoms with Gasteiger partial charge in [0.25, 0.3) is 5.91 Å². The number of para-hydroxylation sites is 1. The van der Waals surface area contributed by atoms with E-state index in [2.05, 4.69) is 26.7 Å². The van der Waals surface area contributed by atoms with E-state index in [-0.39, 0.29) is 5.91 Å². The fraction of sp³-hybridized carbons (Fsp3) is 0.120. The number of aliphatic imine (C=N–C) groups is 1. The number of benzene rings is 3. The summed E-state index contributed by atoms with van der Waals surface area (Å²) < 4.78 is 5.29. The van der Waals surface area contributed by atoms with Crippen molar-refractivity contribution in [1.29, 1.82) is 0 Å². The third-order valence-electron chi connectivity index (χ3n) is 5.01. The summed E-state index contributed by atoms with van der Waals surface area (Å²) in [6.45, 7) is 0.483. The Balaban J connectivity index is 1.54. The normalized spacial score (nSPS) is 11.4. The fourth-order valence-electron chi connectivity index (χ4n) is 3.39. The minimum atomic E-state index is -0.336. The Morgan fingerprint density at radius 2 is 1.88 bits per heavy atom. The molecule has 7 heteroatoms. The van der Waals surface area contributed by atoms with Crippen molar-refractivity contribution >= 4 is 40.1 Å². The lowest BCUT2D eigenvalue weighted by atomic mass is 10.1. The Kier molecular flexibility index (Phi) is 6.72. The van der Waals surface area contributed by atoms with Crippen molar-refractivity contribution in [3.8, 4) is 5.75 Å². The molecule has 6 nitrogen and oxygen atoms in total. The Morgan fingerprint density at radius 1 is 1.06 bits per heavy atom. The Hall–Kier alpha value is -3.77. The first kappa shape index (κ1) is 21.5. The van der Waals surface area contributed by atoms with Crippen LogP contribution in [-0.4, -0.2) is 30.5 Å². The van der Waals surface area contributed by atoms with Crippen molar-refractivity contribution < 1.29 is 9.53 Å². The van der Waals surface area contributed by atoms with E-state index >= 15 is 0 Å². The largest absolute Gasteiger partial charge is 0.497 e. The number of rotatable bonds is 6. The van der Waals surface area contributed by atoms with E-state index in [1.54, 1.807) is 31.4 Å². The van der Waals surface area contributed by atoms with Crippen LogP contribution >= 0.6 is 11.6 Å². The Labute approximate surface area is 191 Å². The summed E-state index contributed by atoms with van der Waals surface area (Å²) in [5.41, 5.74) is 3.39. The minimum absolute atomic E-state index is 0.336. The predicted molar refractivity (Wildman–Crippen MR) is 130 cm³/mol. The van der Waals surface area contributed by atoms with Crippen molar-refractivity contribution in [2.45, 2.75) is 6.42 Å². The molecule has 0 saturated heterocycles. The molecule has 0 fully saturated rings. The van der Waals surface area contributed by atoms with Gasteiger partial charge in [-0.05, 0) is 42.3 Å². The average molecular weight is 447 g/mol. The van der Waals surface area contributed by atoms with Gasteiger partial charge in [-0.1, -0.05) is 48.0 Å². The standard InChI is InChI=1S/C25H23ClN4O2/c1-32-19-8-6-7-18(15-19)29-25(30-24(31)21-10-2-4-11-22(21)26)27-14-13-17-16-28-23-12-5-3-9-20(17)23/h2-12,15-16,28H,13-14H2,1H3,(H2,27,29,30,31). The van der Waals surface area contributed by atoms with Gasteiger partial charge in [0.1, 0.15) is 5.75 Å². The van der Waals surface area contributed by atoms with E-state index in [0.29, 0.717) is 28.8 Å². The number of hydrogen-bond acceptors (Lipinski definition) is 3. The van der Waals surface area contributed by atoms with Crippen molar-refractivity contribution in [3.05, 3.63) is 95.1 Å². The molecule has 32 heavy (non-hydrogen) atoms. The molecule has 162 valence electrons. The Bertz CT molecular complexity index is 1270. The molecule has 3 aromatic carbocycles. The smallest absolute Gasteiger partial charge is 0.259 e. The third-order valence-corrected chi connectivity index (χ3v) is 5.34. The molecular weight excluding hydrogens is 424 g/mol. The number of hydrogen-bond donors (Lipinski definition) is 3. The number of carbonyl (C=O) groups is 1. The van der Waals surface area contributed by atoms with Crippen LogP contribution in [0.2, 0.25) is 5.02 Å². The molecule has 1 aromatic heterocycles. The lowest BCUT2D eigenvalue weighted by Crippen LogP contribution is -2.36. The van der Waals surface area contributed by atoms with Crippen molar-refractivity contribution in [2.24, 2.45) is 4.99 Å². The van der Waals surface area contributed by atoms with Gasteiger partial charge in [0.15, 0.2) is 0 Å². The quantitative estimate of drug-likeness (QED) is 0.279. The zero-order valence-electron chi connectivity index (χ0n) is 17.6. The van der Waals surface area contributed by atoms with Crippen molar-refractivity contribution in [2.75, 3.05) is 19.0 Å². The van der Waals surface area contributed by atoms with Gasteiger partial charge in [0.2, 0.25) is 5.96 Å². The van der Waals surface area contributed by atoms with Crippen LogP contribution < -0.4 is 15.4 Å². The molecular formula is C25H23ClN4O2. The average Bonchev–Trinajstić information content (AvgIpc) is 3.22. The number of amides is 1. The van der Waals surface area contributed by atoms with E-state index in [4.69, 9.17) is 16.3 Å². The maximum atomic E-state index is 12.8. The second-order valence-electron chi connectivity index (χ2n) is 7.13. The van der Waals surface area contributed by atoms with E-state index in [1.165, 1.54) is 10.9 Å². The summed E-state index contributed by atoms with van der Waals surface area (Å²) in [6, 6.07) is 22.5. The fourth-order valence-corrected chi connectivity index (χ4v) is 3.62. The monoisotopic (exact) mass is 446 g/mol. The number of fused-ring (bicyclic) bond motifs is 1. The number of H-pyrrole nitrogens is 1. The number of nitrogens with zero attached hydrogens (tertiary/aromatic N) is 1. The second-order valence-corrected chi connectivity index (χ2v) is 7.54. The molecule has 0 unspecified atom stereocenters. The first-order valence-electron chi connectivity index (χ1n) is 10.2. The number of carbonyl (C=O) groups excluding carboxylic acids is 1. The summed E-state index contributed by atoms with van der Waals surface area (Å²) in [6.07, 6.45) is 2.72. The maximum Gasteiger partial charge on any atom is 0.259 e.